The molecule has 1 heterocycles. The second-order valence-electron chi connectivity index (χ2n) is 7.53. The number of amides is 1. The van der Waals surface area contributed by atoms with E-state index >= 15 is 0 Å². The highest BCUT2D eigenvalue weighted by molar-refractivity contribution is 7.92. The SMILES string of the molecule is CS(=O)(=O)Nc1cc(C#N)cc(/C(=C\n2cnc(-c3cc(C(F)(F)F)cc(C(F)(F)F)c3)n2)C(N)=O)c1. The number of nitrogens with zero attached hydrogens (tertiary/aromatic N) is 4. The van der Waals surface area contributed by atoms with Crippen LogP contribution in [0.1, 0.15) is 22.3 Å². The first-order valence-electron chi connectivity index (χ1n) is 9.72. The molecule has 1 aromatic heterocycles. The lowest BCUT2D eigenvalue weighted by Gasteiger charge is -2.13. The summed E-state index contributed by atoms with van der Waals surface area (Å²) in [4.78, 5) is 15.8. The zero-order valence-corrected chi connectivity index (χ0v) is 19.2. The molecule has 2 aromatic carbocycles. The molecule has 3 N–H and O–H groups in total. The van der Waals surface area contributed by atoms with Crippen LogP contribution in [-0.2, 0) is 27.2 Å². The van der Waals surface area contributed by atoms with Crippen LogP contribution in [0.2, 0.25) is 0 Å². The first-order chi connectivity index (χ1) is 17.0. The van der Waals surface area contributed by atoms with Crippen molar-refractivity contribution in [1.29, 1.82) is 5.26 Å². The third-order valence-electron chi connectivity index (χ3n) is 4.56. The average Bonchev–Trinajstić information content (AvgIpc) is 3.23. The van der Waals surface area contributed by atoms with Gasteiger partial charge < -0.3 is 5.73 Å². The Morgan fingerprint density at radius 3 is 2.14 bits per heavy atom. The van der Waals surface area contributed by atoms with E-state index in [1.165, 1.54) is 18.2 Å². The summed E-state index contributed by atoms with van der Waals surface area (Å²) in [5.41, 5.74) is 1.17. The first kappa shape index (κ1) is 27.2. The molecule has 0 radical (unpaired) electrons. The quantitative estimate of drug-likeness (QED) is 0.358. The van der Waals surface area contributed by atoms with E-state index in [4.69, 9.17) is 5.73 Å². The van der Waals surface area contributed by atoms with Crippen LogP contribution in [0.5, 0.6) is 0 Å². The molecule has 194 valence electrons. The number of alkyl halides is 6. The van der Waals surface area contributed by atoms with Crippen molar-refractivity contribution in [1.82, 2.24) is 14.8 Å². The summed E-state index contributed by atoms with van der Waals surface area (Å²) in [6.07, 6.45) is -7.46. The van der Waals surface area contributed by atoms with Gasteiger partial charge in [-0.05, 0) is 42.0 Å². The largest absolute Gasteiger partial charge is 0.416 e. The second-order valence-corrected chi connectivity index (χ2v) is 9.28. The van der Waals surface area contributed by atoms with Crippen LogP contribution in [0.25, 0.3) is 23.2 Å². The third-order valence-corrected chi connectivity index (χ3v) is 5.16. The predicted molar refractivity (Wildman–Crippen MR) is 118 cm³/mol. The monoisotopic (exact) mass is 544 g/mol. The minimum atomic E-state index is -5.08. The number of benzene rings is 2. The minimum Gasteiger partial charge on any atom is -0.366 e. The van der Waals surface area contributed by atoms with Gasteiger partial charge in [0.25, 0.3) is 5.91 Å². The minimum absolute atomic E-state index is 0.0341. The molecule has 0 saturated carbocycles. The van der Waals surface area contributed by atoms with Gasteiger partial charge in [-0.2, -0.15) is 31.6 Å². The van der Waals surface area contributed by atoms with Crippen molar-refractivity contribution in [3.63, 3.8) is 0 Å². The summed E-state index contributed by atoms with van der Waals surface area (Å²) in [6, 6.07) is 6.17. The van der Waals surface area contributed by atoms with E-state index in [1.54, 1.807) is 6.07 Å². The normalized spacial score (nSPS) is 12.8. The van der Waals surface area contributed by atoms with E-state index in [9.17, 15) is 44.8 Å². The molecule has 9 nitrogen and oxygen atoms in total. The number of carbonyl (C=O) groups excluding carboxylic acids is 1. The van der Waals surface area contributed by atoms with E-state index in [0.29, 0.717) is 12.1 Å². The van der Waals surface area contributed by atoms with Gasteiger partial charge in [0.15, 0.2) is 5.82 Å². The van der Waals surface area contributed by atoms with Crippen LogP contribution in [-0.4, -0.2) is 35.3 Å². The van der Waals surface area contributed by atoms with Crippen molar-refractivity contribution in [2.45, 2.75) is 12.4 Å². The zero-order chi connectivity index (χ0) is 27.8. The Morgan fingerprint density at radius 2 is 1.65 bits per heavy atom. The summed E-state index contributed by atoms with van der Waals surface area (Å²) in [7, 11) is -3.76. The number of rotatable bonds is 6. The molecular formula is C21H14F6N6O3S. The van der Waals surface area contributed by atoms with Gasteiger partial charge >= 0.3 is 12.4 Å². The van der Waals surface area contributed by atoms with Gasteiger partial charge in [0, 0.05) is 11.8 Å². The highest BCUT2D eigenvalue weighted by Gasteiger charge is 2.37. The molecule has 16 heteroatoms. The standard InChI is InChI=1S/C21H14F6N6O3S/c1-37(35,36)32-16-3-11(8-28)2-12(6-16)17(18(29)34)9-33-10-30-19(31-33)13-4-14(20(22,23)24)7-15(5-13)21(25,26)27/h2-7,9-10,32H,1H3,(H2,29,34)/b17-9+. The van der Waals surface area contributed by atoms with Gasteiger partial charge in [0.1, 0.15) is 6.33 Å². The van der Waals surface area contributed by atoms with Gasteiger partial charge in [-0.15, -0.1) is 5.10 Å². The molecule has 3 rings (SSSR count). The number of nitrogens with two attached hydrogens (primary N) is 1. The number of hydrogen-bond acceptors (Lipinski definition) is 6. The molecule has 0 bridgehead atoms. The summed E-state index contributed by atoms with van der Waals surface area (Å²) < 4.78 is 105. The van der Waals surface area contributed by atoms with Crippen LogP contribution in [0, 0.1) is 11.3 Å². The van der Waals surface area contributed by atoms with Crippen molar-refractivity contribution in [3.8, 4) is 17.5 Å². The Hall–Kier alpha value is -4.39. The first-order valence-corrected chi connectivity index (χ1v) is 11.6. The molecule has 1 amide bonds. The Morgan fingerprint density at radius 1 is 1.05 bits per heavy atom. The van der Waals surface area contributed by atoms with Crippen LogP contribution >= 0.6 is 0 Å². The number of primary amides is 1. The molecule has 0 aliphatic rings. The Kier molecular flexibility index (Phi) is 7.04. The number of aromatic nitrogens is 3. The summed E-state index contributed by atoms with van der Waals surface area (Å²) in [5, 5.41) is 13.0. The maximum Gasteiger partial charge on any atom is 0.416 e. The lowest BCUT2D eigenvalue weighted by molar-refractivity contribution is -0.143. The van der Waals surface area contributed by atoms with Crippen molar-refractivity contribution in [3.05, 3.63) is 65.0 Å². The second kappa shape index (κ2) is 9.58. The Labute approximate surface area is 204 Å². The number of nitrogens with one attached hydrogen (secondary N) is 1. The van der Waals surface area contributed by atoms with Crippen LogP contribution in [0.15, 0.2) is 42.7 Å². The topological polar surface area (TPSA) is 144 Å². The maximum absolute atomic E-state index is 13.2. The molecule has 0 unspecified atom stereocenters. The number of nitriles is 1. The third kappa shape index (κ3) is 6.85. The van der Waals surface area contributed by atoms with Crippen molar-refractivity contribution < 1.29 is 39.6 Å². The van der Waals surface area contributed by atoms with Gasteiger partial charge in [0.05, 0.1) is 40.3 Å². The van der Waals surface area contributed by atoms with E-state index in [-0.39, 0.29) is 28.5 Å². The van der Waals surface area contributed by atoms with Crippen molar-refractivity contribution in [2.75, 3.05) is 11.0 Å². The van der Waals surface area contributed by atoms with Gasteiger partial charge in [-0.3, -0.25) is 9.52 Å². The summed E-state index contributed by atoms with van der Waals surface area (Å²) in [5.74, 6) is -1.60. The number of halogens is 6. The van der Waals surface area contributed by atoms with Crippen LogP contribution < -0.4 is 10.5 Å². The fourth-order valence-electron chi connectivity index (χ4n) is 3.09. The van der Waals surface area contributed by atoms with Crippen molar-refractivity contribution >= 4 is 33.4 Å². The summed E-state index contributed by atoms with van der Waals surface area (Å²) in [6.45, 7) is 0. The lowest BCUT2D eigenvalue weighted by atomic mass is 10.0. The van der Waals surface area contributed by atoms with E-state index in [2.05, 4.69) is 14.8 Å². The van der Waals surface area contributed by atoms with E-state index in [1.807, 2.05) is 0 Å². The number of carbonyl (C=O) groups is 1. The molecule has 0 saturated heterocycles. The molecule has 0 aliphatic heterocycles. The van der Waals surface area contributed by atoms with Gasteiger partial charge in [-0.25, -0.2) is 18.1 Å². The lowest BCUT2D eigenvalue weighted by Crippen LogP contribution is -2.15. The molecule has 0 atom stereocenters. The predicted octanol–water partition coefficient (Wildman–Crippen LogP) is 3.71. The van der Waals surface area contributed by atoms with Crippen LogP contribution in [0.4, 0.5) is 32.0 Å². The van der Waals surface area contributed by atoms with Gasteiger partial charge in [-0.1, -0.05) is 0 Å². The van der Waals surface area contributed by atoms with Crippen LogP contribution in [0.3, 0.4) is 0 Å². The molecule has 0 fully saturated rings. The maximum atomic E-state index is 13.2. The molecule has 0 aliphatic carbocycles. The van der Waals surface area contributed by atoms with Gasteiger partial charge in [0.2, 0.25) is 10.0 Å². The zero-order valence-electron chi connectivity index (χ0n) is 18.4. The molecular weight excluding hydrogens is 530 g/mol. The van der Waals surface area contributed by atoms with Crippen molar-refractivity contribution in [2.24, 2.45) is 5.73 Å². The highest BCUT2D eigenvalue weighted by Crippen LogP contribution is 2.38. The Balaban J connectivity index is 2.11. The highest BCUT2D eigenvalue weighted by atomic mass is 32.2. The Bertz CT molecular complexity index is 1520. The number of anilines is 1. The van der Waals surface area contributed by atoms with E-state index < -0.39 is 50.8 Å². The fraction of sp³-hybridized carbons (Fsp3) is 0.143. The fourth-order valence-corrected chi connectivity index (χ4v) is 3.63. The molecule has 3 aromatic rings. The molecule has 37 heavy (non-hydrogen) atoms. The summed E-state index contributed by atoms with van der Waals surface area (Å²) >= 11 is 0. The van der Waals surface area contributed by atoms with E-state index in [0.717, 1.165) is 23.5 Å². The number of hydrogen-bond donors (Lipinski definition) is 2. The average molecular weight is 544 g/mol. The smallest absolute Gasteiger partial charge is 0.366 e. The molecule has 0 spiro atoms. The number of sulfonamides is 1.